The predicted molar refractivity (Wildman–Crippen MR) is 318 cm³/mol. The molecule has 0 spiro atoms. The quantitative estimate of drug-likeness (QED) is 0.0213. The summed E-state index contributed by atoms with van der Waals surface area (Å²) in [7, 11) is -11.8. The highest BCUT2D eigenvalue weighted by molar-refractivity contribution is 7.53. The summed E-state index contributed by atoms with van der Waals surface area (Å²) in [6.45, 7) is 2.28. The van der Waals surface area contributed by atoms with Crippen molar-refractivity contribution in [3.05, 3.63) is 35.9 Å². The van der Waals surface area contributed by atoms with E-state index in [1.54, 1.807) is 30.3 Å². The summed E-state index contributed by atoms with van der Waals surface area (Å²) in [5, 5.41) is 55.4. The molecule has 522 valence electrons. The average Bonchev–Trinajstić information content (AvgIpc) is 0.948. The van der Waals surface area contributed by atoms with Crippen LogP contribution < -0.4 is 81.0 Å². The monoisotopic (exact) mass is 1370 g/mol. The van der Waals surface area contributed by atoms with E-state index in [0.717, 1.165) is 6.92 Å². The number of carboxylic acids is 1. The first kappa shape index (κ1) is 82.4. The van der Waals surface area contributed by atoms with Crippen LogP contribution in [0.25, 0.3) is 0 Å². The molecule has 0 bridgehead atoms. The van der Waals surface area contributed by atoms with Crippen LogP contribution >= 0.6 is 15.4 Å². The predicted octanol–water partition coefficient (Wildman–Crippen LogP) is -9.63. The maximum atomic E-state index is 14.1. The molecule has 1 aromatic carbocycles. The van der Waals surface area contributed by atoms with Crippen molar-refractivity contribution in [2.75, 3.05) is 32.8 Å². The zero-order valence-electron chi connectivity index (χ0n) is 51.1. The number of phosphoric ester groups is 1. The molecule has 93 heavy (non-hydrogen) atoms. The van der Waals surface area contributed by atoms with Crippen LogP contribution in [0.15, 0.2) is 30.3 Å². The van der Waals surface area contributed by atoms with Gasteiger partial charge in [-0.3, -0.25) is 81.0 Å². The lowest BCUT2D eigenvalue weighted by Crippen LogP contribution is -2.62. The van der Waals surface area contributed by atoms with Crippen LogP contribution in [0.2, 0.25) is 0 Å². The number of aliphatic carboxylic acids is 1. The fraction of sp³-hybridized carbons (Fsp3) is 0.588. The number of phosphoric acid groups is 1. The van der Waals surface area contributed by atoms with Crippen LogP contribution in [0.4, 0.5) is 0 Å². The van der Waals surface area contributed by atoms with Crippen LogP contribution in [0.5, 0.6) is 0 Å². The Morgan fingerprint density at radius 1 is 0.527 bits per heavy atom. The SMILES string of the molecule is CC(=O)N[C@@H](C)C(=O)N[C@@H](C)C(=O)N[C@@H](CCC(=O)O)C(=O)NCC(=O)NCC(=O)N[C@@H](CO)C(=O)N[C@@H](CC(OP(=O)(O)O)P(=O)(O)O)C(=O)N[C@@H](CC(N)=O)C(=O)N[C@H](C(=O)N[C@@H](Cc1ccccc1)C(=O)N[C@@H](CO)C(=O)N[C@@H](CCCCN)C(N)=O)C(C)C. The zero-order chi connectivity index (χ0) is 71.1. The van der Waals surface area contributed by atoms with E-state index in [-0.39, 0.29) is 19.4 Å². The number of unbranched alkanes of at least 4 members (excludes halogenated alkanes) is 1. The van der Waals surface area contributed by atoms with Gasteiger partial charge < -0.3 is 116 Å². The molecule has 25 N–H and O–H groups in total. The molecule has 0 saturated heterocycles. The number of amides is 14. The van der Waals surface area contributed by atoms with Gasteiger partial charge in [-0.05, 0) is 57.6 Å². The summed E-state index contributed by atoms with van der Waals surface area (Å²) in [5.41, 5.74) is 16.8. The number of hydrogen-bond acceptors (Lipinski definition) is 21. The van der Waals surface area contributed by atoms with Crippen LogP contribution in [0.1, 0.15) is 85.1 Å². The van der Waals surface area contributed by atoms with Gasteiger partial charge in [0, 0.05) is 26.2 Å². The van der Waals surface area contributed by atoms with Crippen molar-refractivity contribution in [3.63, 3.8) is 0 Å². The van der Waals surface area contributed by atoms with Gasteiger partial charge in [0.05, 0.1) is 32.7 Å². The second-order valence-corrected chi connectivity index (χ2v) is 24.0. The second kappa shape index (κ2) is 40.4. The molecule has 1 unspecified atom stereocenters. The molecule has 0 radical (unpaired) electrons. The minimum atomic E-state index is -5.89. The number of nitrogens with one attached hydrogen (secondary N) is 12. The third-order valence-corrected chi connectivity index (χ3v) is 14.6. The van der Waals surface area contributed by atoms with Gasteiger partial charge in [-0.25, -0.2) is 4.57 Å². The van der Waals surface area contributed by atoms with E-state index in [0.29, 0.717) is 18.4 Å². The van der Waals surface area contributed by atoms with Crippen molar-refractivity contribution in [1.29, 1.82) is 0 Å². The molecule has 40 nitrogen and oxygen atoms in total. The van der Waals surface area contributed by atoms with Crippen molar-refractivity contribution in [3.8, 4) is 0 Å². The standard InChI is InChI=1S/C51H83N15O25P2/c1-24(2)41(51(84)64-31(17-28-11-7-6-8-12-28)46(79)65-35(23-68)50(83)60-29(42(54)75)13-9-10-16-52)66-48(81)32(18-36(53)70)62-47(80)33(19-40(92(85,86)87)91-93(88,89)90)63-49(82)34(22-67)59-38(72)21-55-37(71)20-56-45(78)30(14-15-39(73)74)61-44(77)26(4)58-43(76)25(3)57-27(5)69/h6-8,11-12,24-26,29-35,40-41,67-68H,9-10,13-23,52H2,1-5H3,(H2,53,70)(H2,54,75)(H,55,71)(H,56,78)(H,57,69)(H,58,76)(H,59,72)(H,60,83)(H,61,77)(H,62,80)(H,63,82)(H,64,84)(H,65,79)(H,66,81)(H,73,74)(H2,85,86,87)(H2,88,89,90)/t25-,26-,29-,30-,31-,32-,33-,34-,35-,40?,41-/m0/s1. The van der Waals surface area contributed by atoms with Gasteiger partial charge in [0.2, 0.25) is 82.7 Å². The summed E-state index contributed by atoms with van der Waals surface area (Å²) < 4.78 is 28.6. The normalized spacial score (nSPS) is 14.9. The minimum absolute atomic E-state index is 0.0638. The minimum Gasteiger partial charge on any atom is -0.481 e. The highest BCUT2D eigenvalue weighted by Gasteiger charge is 2.42. The van der Waals surface area contributed by atoms with E-state index in [2.05, 4.69) is 47.1 Å². The molecular weight excluding hydrogens is 1280 g/mol. The molecule has 11 atom stereocenters. The van der Waals surface area contributed by atoms with Gasteiger partial charge in [0.25, 0.3) is 0 Å². The van der Waals surface area contributed by atoms with E-state index in [1.807, 2.05) is 21.3 Å². The van der Waals surface area contributed by atoms with Crippen LogP contribution in [-0.2, 0) is 92.0 Å². The molecule has 1 rings (SSSR count). The van der Waals surface area contributed by atoms with Crippen LogP contribution in [0, 0.1) is 5.92 Å². The lowest BCUT2D eigenvalue weighted by Gasteiger charge is -2.29. The van der Waals surface area contributed by atoms with Crippen LogP contribution in [-0.4, -0.2) is 223 Å². The molecule has 0 aromatic heterocycles. The van der Waals surface area contributed by atoms with Crippen molar-refractivity contribution < 1.29 is 120 Å². The van der Waals surface area contributed by atoms with Gasteiger partial charge in [-0.1, -0.05) is 44.2 Å². The number of primary amides is 2. The van der Waals surface area contributed by atoms with Gasteiger partial charge in [-0.15, -0.1) is 0 Å². The molecular formula is C51H83N15O25P2. The van der Waals surface area contributed by atoms with Crippen molar-refractivity contribution in [2.45, 2.75) is 152 Å². The smallest absolute Gasteiger partial charge is 0.470 e. The molecule has 1 aromatic rings. The number of carbonyl (C=O) groups is 15. The number of aliphatic hydroxyl groups is 2. The van der Waals surface area contributed by atoms with Crippen LogP contribution in [0.3, 0.4) is 0 Å². The first-order chi connectivity index (χ1) is 43.2. The van der Waals surface area contributed by atoms with Crippen molar-refractivity contribution in [1.82, 2.24) is 63.8 Å². The Balaban J connectivity index is 3.46. The molecule has 0 aliphatic heterocycles. The number of carbonyl (C=O) groups excluding carboxylic acids is 14. The van der Waals surface area contributed by atoms with Crippen molar-refractivity contribution in [2.24, 2.45) is 23.1 Å². The Morgan fingerprint density at radius 3 is 1.53 bits per heavy atom. The highest BCUT2D eigenvalue weighted by atomic mass is 31.2. The number of rotatable bonds is 43. The summed E-state index contributed by atoms with van der Waals surface area (Å²) in [5.74, 6) is -21.5. The number of carboxylic acid groups (broad SMARTS) is 1. The molecule has 0 saturated carbocycles. The average molecular weight is 1370 g/mol. The first-order valence-electron chi connectivity index (χ1n) is 28.3. The maximum Gasteiger partial charge on any atom is 0.470 e. The Kier molecular flexibility index (Phi) is 35.8. The molecule has 0 heterocycles. The largest absolute Gasteiger partial charge is 0.481 e. The summed E-state index contributed by atoms with van der Waals surface area (Å²) in [4.78, 5) is 233. The zero-order valence-corrected chi connectivity index (χ0v) is 52.9. The summed E-state index contributed by atoms with van der Waals surface area (Å²) in [6.07, 6.45) is -3.37. The third kappa shape index (κ3) is 32.5. The number of nitrogens with two attached hydrogens (primary N) is 3. The maximum absolute atomic E-state index is 14.1. The van der Waals surface area contributed by atoms with Gasteiger partial charge in [0.1, 0.15) is 60.4 Å². The Bertz CT molecular complexity index is 2920. The van der Waals surface area contributed by atoms with E-state index < -0.39 is 228 Å². The van der Waals surface area contributed by atoms with Gasteiger partial charge in [-0.2, -0.15) is 0 Å². The fourth-order valence-electron chi connectivity index (χ4n) is 7.99. The van der Waals surface area contributed by atoms with E-state index >= 15 is 0 Å². The van der Waals surface area contributed by atoms with Crippen molar-refractivity contribution >= 4 is 104 Å². The number of hydrogen-bond donors (Lipinski definition) is 22. The molecule has 14 amide bonds. The summed E-state index contributed by atoms with van der Waals surface area (Å²) >= 11 is 0. The number of aliphatic hydroxyl groups excluding tert-OH is 2. The molecule has 0 aliphatic rings. The van der Waals surface area contributed by atoms with Gasteiger partial charge >= 0.3 is 21.4 Å². The fourth-order valence-corrected chi connectivity index (χ4v) is 9.74. The van der Waals surface area contributed by atoms with E-state index in [1.165, 1.54) is 27.7 Å². The summed E-state index contributed by atoms with van der Waals surface area (Å²) in [6, 6.07) is -9.32. The lowest BCUT2D eigenvalue weighted by molar-refractivity contribution is -0.138. The highest BCUT2D eigenvalue weighted by Crippen LogP contribution is 2.52. The first-order valence-corrected chi connectivity index (χ1v) is 31.5. The Labute approximate surface area is 531 Å². The number of benzene rings is 1. The molecule has 42 heteroatoms. The Hall–Kier alpha value is -8.59. The second-order valence-electron chi connectivity index (χ2n) is 21.1. The Morgan fingerprint density at radius 2 is 1.01 bits per heavy atom. The van der Waals surface area contributed by atoms with E-state index in [4.69, 9.17) is 17.2 Å². The van der Waals surface area contributed by atoms with Gasteiger partial charge in [0.15, 0.2) is 5.85 Å². The molecule has 0 aliphatic carbocycles. The van der Waals surface area contributed by atoms with E-state index in [9.17, 15) is 116 Å². The third-order valence-electron chi connectivity index (χ3n) is 12.9. The topological polar surface area (TPSA) is 663 Å². The lowest BCUT2D eigenvalue weighted by atomic mass is 10.00. The molecule has 0 fully saturated rings.